The molecule has 1 aliphatic rings. The minimum atomic E-state index is 0.0230. The van der Waals surface area contributed by atoms with Gasteiger partial charge in [-0.2, -0.15) is 0 Å². The third-order valence-electron chi connectivity index (χ3n) is 3.03. The summed E-state index contributed by atoms with van der Waals surface area (Å²) >= 11 is 0. The van der Waals surface area contributed by atoms with E-state index in [1.165, 1.54) is 0 Å². The molecule has 0 saturated carbocycles. The molecule has 0 aliphatic heterocycles. The van der Waals surface area contributed by atoms with Gasteiger partial charge in [0.05, 0.1) is 6.10 Å². The maximum Gasteiger partial charge on any atom is 0.157 e. The van der Waals surface area contributed by atoms with Crippen molar-refractivity contribution in [2.45, 2.75) is 45.1 Å². The zero-order valence-corrected chi connectivity index (χ0v) is 10.1. The van der Waals surface area contributed by atoms with Crippen LogP contribution in [0, 0.1) is 5.92 Å². The molecule has 0 aromatic carbocycles. The maximum absolute atomic E-state index is 11.2. The van der Waals surface area contributed by atoms with Crippen molar-refractivity contribution >= 4 is 11.6 Å². The number of unbranched alkanes of at least 4 members (excludes halogenated alkanes) is 1. The molecular formula is C13H20O3. The number of rotatable bonds is 6. The Morgan fingerprint density at radius 2 is 2.25 bits per heavy atom. The molecule has 2 atom stereocenters. The Bertz CT molecular complexity index is 281. The Kier molecular flexibility index (Phi) is 5.39. The highest BCUT2D eigenvalue weighted by atomic mass is 16.5. The monoisotopic (exact) mass is 224 g/mol. The molecular weight excluding hydrogens is 204 g/mol. The van der Waals surface area contributed by atoms with E-state index in [1.54, 1.807) is 20.1 Å². The number of hydrogen-bond acceptors (Lipinski definition) is 3. The molecule has 0 heterocycles. The van der Waals surface area contributed by atoms with Gasteiger partial charge in [0.25, 0.3) is 0 Å². The second kappa shape index (κ2) is 6.59. The van der Waals surface area contributed by atoms with Crippen molar-refractivity contribution in [1.82, 2.24) is 0 Å². The van der Waals surface area contributed by atoms with Crippen molar-refractivity contribution in [1.29, 1.82) is 0 Å². The van der Waals surface area contributed by atoms with Gasteiger partial charge in [0.15, 0.2) is 5.78 Å². The van der Waals surface area contributed by atoms with Gasteiger partial charge in [0, 0.05) is 25.9 Å². The summed E-state index contributed by atoms with van der Waals surface area (Å²) < 4.78 is 5.31. The quantitative estimate of drug-likeness (QED) is 0.650. The first-order valence-corrected chi connectivity index (χ1v) is 5.86. The van der Waals surface area contributed by atoms with Crippen LogP contribution in [0.15, 0.2) is 12.2 Å². The van der Waals surface area contributed by atoms with Crippen molar-refractivity contribution in [3.8, 4) is 0 Å². The van der Waals surface area contributed by atoms with E-state index in [1.807, 2.05) is 6.08 Å². The van der Waals surface area contributed by atoms with Crippen LogP contribution in [-0.2, 0) is 14.3 Å². The predicted molar refractivity (Wildman–Crippen MR) is 62.2 cm³/mol. The Morgan fingerprint density at radius 1 is 1.50 bits per heavy atom. The van der Waals surface area contributed by atoms with E-state index in [0.717, 1.165) is 19.3 Å². The first-order chi connectivity index (χ1) is 7.63. The van der Waals surface area contributed by atoms with E-state index in [0.29, 0.717) is 18.8 Å². The predicted octanol–water partition coefficient (Wildman–Crippen LogP) is 2.30. The van der Waals surface area contributed by atoms with E-state index in [2.05, 4.69) is 0 Å². The van der Waals surface area contributed by atoms with Gasteiger partial charge in [-0.25, -0.2) is 0 Å². The SMILES string of the molecule is CO[C@H]1CC(=O)C=C[C@H]1CCCCC(C)=O. The molecule has 0 N–H and O–H groups in total. The molecule has 0 bridgehead atoms. The molecule has 1 aliphatic carbocycles. The molecule has 0 aromatic rings. The topological polar surface area (TPSA) is 43.4 Å². The van der Waals surface area contributed by atoms with Crippen LogP contribution in [-0.4, -0.2) is 24.8 Å². The molecule has 0 radical (unpaired) electrons. The van der Waals surface area contributed by atoms with Crippen LogP contribution in [0.4, 0.5) is 0 Å². The van der Waals surface area contributed by atoms with Crippen LogP contribution in [0.5, 0.6) is 0 Å². The summed E-state index contributed by atoms with van der Waals surface area (Å²) in [7, 11) is 1.65. The zero-order chi connectivity index (χ0) is 12.0. The Labute approximate surface area is 96.9 Å². The Hall–Kier alpha value is -0.960. The highest BCUT2D eigenvalue weighted by Gasteiger charge is 2.24. The lowest BCUT2D eigenvalue weighted by Gasteiger charge is -2.25. The molecule has 0 spiro atoms. The smallest absolute Gasteiger partial charge is 0.157 e. The van der Waals surface area contributed by atoms with E-state index in [9.17, 15) is 9.59 Å². The van der Waals surface area contributed by atoms with Gasteiger partial charge < -0.3 is 9.53 Å². The average molecular weight is 224 g/mol. The van der Waals surface area contributed by atoms with E-state index >= 15 is 0 Å². The number of methoxy groups -OCH3 is 1. The highest BCUT2D eigenvalue weighted by molar-refractivity contribution is 5.91. The van der Waals surface area contributed by atoms with Crippen molar-refractivity contribution in [3.63, 3.8) is 0 Å². The Balaban J connectivity index is 2.31. The van der Waals surface area contributed by atoms with Crippen LogP contribution in [0.1, 0.15) is 39.0 Å². The minimum Gasteiger partial charge on any atom is -0.380 e. The fourth-order valence-electron chi connectivity index (χ4n) is 2.07. The number of Topliss-reactive ketones (excluding diaryl/α,β-unsaturated/α-hetero) is 1. The first-order valence-electron chi connectivity index (χ1n) is 5.86. The van der Waals surface area contributed by atoms with Gasteiger partial charge in [0.2, 0.25) is 0 Å². The molecule has 16 heavy (non-hydrogen) atoms. The standard InChI is InChI=1S/C13H20O3/c1-10(14)5-3-4-6-11-7-8-12(15)9-13(11)16-2/h7-8,11,13H,3-6,9H2,1-2H3/t11-,13+/m1/s1. The van der Waals surface area contributed by atoms with Crippen LogP contribution in [0.2, 0.25) is 0 Å². The number of allylic oxidation sites excluding steroid dienone is 1. The van der Waals surface area contributed by atoms with Crippen molar-refractivity contribution in [3.05, 3.63) is 12.2 Å². The van der Waals surface area contributed by atoms with Gasteiger partial charge >= 0.3 is 0 Å². The fraction of sp³-hybridized carbons (Fsp3) is 0.692. The van der Waals surface area contributed by atoms with Crippen LogP contribution in [0.3, 0.4) is 0 Å². The molecule has 0 aromatic heterocycles. The maximum atomic E-state index is 11.2. The largest absolute Gasteiger partial charge is 0.380 e. The van der Waals surface area contributed by atoms with Gasteiger partial charge in [0.1, 0.15) is 5.78 Å². The Morgan fingerprint density at radius 3 is 2.88 bits per heavy atom. The van der Waals surface area contributed by atoms with E-state index in [-0.39, 0.29) is 17.7 Å². The van der Waals surface area contributed by atoms with Crippen LogP contribution >= 0.6 is 0 Å². The third-order valence-corrected chi connectivity index (χ3v) is 3.03. The second-order valence-corrected chi connectivity index (χ2v) is 4.42. The zero-order valence-electron chi connectivity index (χ0n) is 10.1. The number of carbonyl (C=O) groups is 2. The number of ether oxygens (including phenoxy) is 1. The summed E-state index contributed by atoms with van der Waals surface area (Å²) in [4.78, 5) is 22.0. The van der Waals surface area contributed by atoms with Crippen molar-refractivity contribution in [2.24, 2.45) is 5.92 Å². The summed E-state index contributed by atoms with van der Waals surface area (Å²) in [6.07, 6.45) is 7.73. The van der Waals surface area contributed by atoms with Crippen LogP contribution in [0.25, 0.3) is 0 Å². The number of ketones is 2. The molecule has 3 nitrogen and oxygen atoms in total. The fourth-order valence-corrected chi connectivity index (χ4v) is 2.07. The minimum absolute atomic E-state index is 0.0230. The molecule has 0 saturated heterocycles. The normalized spacial score (nSPS) is 24.8. The van der Waals surface area contributed by atoms with Gasteiger partial charge in [-0.1, -0.05) is 12.5 Å². The van der Waals surface area contributed by atoms with Gasteiger partial charge in [-0.05, 0) is 25.8 Å². The average Bonchev–Trinajstić information content (AvgIpc) is 2.25. The lowest BCUT2D eigenvalue weighted by atomic mass is 9.87. The van der Waals surface area contributed by atoms with Gasteiger partial charge in [-0.3, -0.25) is 4.79 Å². The van der Waals surface area contributed by atoms with Crippen LogP contribution < -0.4 is 0 Å². The van der Waals surface area contributed by atoms with E-state index < -0.39 is 0 Å². The lowest BCUT2D eigenvalue weighted by molar-refractivity contribution is -0.118. The summed E-state index contributed by atoms with van der Waals surface area (Å²) in [6, 6.07) is 0. The molecule has 90 valence electrons. The highest BCUT2D eigenvalue weighted by Crippen LogP contribution is 2.24. The van der Waals surface area contributed by atoms with Crippen molar-refractivity contribution < 1.29 is 14.3 Å². The number of carbonyl (C=O) groups excluding carboxylic acids is 2. The third kappa shape index (κ3) is 4.27. The second-order valence-electron chi connectivity index (χ2n) is 4.42. The summed E-state index contributed by atoms with van der Waals surface area (Å²) in [6.45, 7) is 1.62. The molecule has 0 unspecified atom stereocenters. The summed E-state index contributed by atoms with van der Waals surface area (Å²) in [5.74, 6) is 0.721. The summed E-state index contributed by atoms with van der Waals surface area (Å²) in [5, 5.41) is 0. The molecule has 1 rings (SSSR count). The van der Waals surface area contributed by atoms with Crippen molar-refractivity contribution in [2.75, 3.05) is 7.11 Å². The first kappa shape index (κ1) is 13.1. The number of hydrogen-bond donors (Lipinski definition) is 0. The summed E-state index contributed by atoms with van der Waals surface area (Å²) in [5.41, 5.74) is 0. The van der Waals surface area contributed by atoms with E-state index in [4.69, 9.17) is 4.74 Å². The molecule has 0 fully saturated rings. The van der Waals surface area contributed by atoms with Gasteiger partial charge in [-0.15, -0.1) is 0 Å². The molecule has 3 heteroatoms. The molecule has 0 amide bonds. The lowest BCUT2D eigenvalue weighted by Crippen LogP contribution is -2.27.